The van der Waals surface area contributed by atoms with Crippen LogP contribution in [0.2, 0.25) is 0 Å². The lowest BCUT2D eigenvalue weighted by atomic mass is 10.1. The van der Waals surface area contributed by atoms with Crippen molar-refractivity contribution < 1.29 is 5.11 Å². The number of anilines is 1. The molecule has 1 aromatic heterocycles. The van der Waals surface area contributed by atoms with Crippen LogP contribution >= 0.6 is 12.2 Å². The Bertz CT molecular complexity index is 401. The van der Waals surface area contributed by atoms with E-state index in [1.165, 1.54) is 0 Å². The maximum atomic E-state index is 9.84. The zero-order chi connectivity index (χ0) is 13.1. The fraction of sp³-hybridized carbons (Fsp3) is 0.500. The van der Waals surface area contributed by atoms with E-state index in [-0.39, 0.29) is 0 Å². The number of likely N-dealkylation sites (N-methyl/N-ethyl adjacent to an activating group) is 1. The molecule has 0 bridgehead atoms. The molecule has 1 heterocycles. The SMILES string of the molecule is CCN(CC(C)(C)O)c1cc(C(N)=S)ccn1. The molecule has 17 heavy (non-hydrogen) atoms. The molecule has 0 aliphatic carbocycles. The van der Waals surface area contributed by atoms with Crippen LogP contribution in [0.15, 0.2) is 18.3 Å². The number of thiocarbonyl (C=S) groups is 1. The van der Waals surface area contributed by atoms with Crippen molar-refractivity contribution in [1.29, 1.82) is 0 Å². The molecule has 0 fully saturated rings. The Morgan fingerprint density at radius 2 is 2.24 bits per heavy atom. The van der Waals surface area contributed by atoms with Gasteiger partial charge in [-0.3, -0.25) is 0 Å². The van der Waals surface area contributed by atoms with Gasteiger partial charge in [0.1, 0.15) is 10.8 Å². The summed E-state index contributed by atoms with van der Waals surface area (Å²) in [6.45, 7) is 6.83. The van der Waals surface area contributed by atoms with Crippen LogP contribution in [0.3, 0.4) is 0 Å². The van der Waals surface area contributed by atoms with Crippen molar-refractivity contribution in [2.45, 2.75) is 26.4 Å². The van der Waals surface area contributed by atoms with Crippen LogP contribution in [0.4, 0.5) is 5.82 Å². The molecule has 1 aromatic rings. The van der Waals surface area contributed by atoms with Gasteiger partial charge in [-0.05, 0) is 32.9 Å². The van der Waals surface area contributed by atoms with Crippen LogP contribution in [0.5, 0.6) is 0 Å². The summed E-state index contributed by atoms with van der Waals surface area (Å²) in [6, 6.07) is 3.63. The zero-order valence-corrected chi connectivity index (χ0v) is 11.3. The molecule has 0 amide bonds. The first kappa shape index (κ1) is 13.9. The van der Waals surface area contributed by atoms with Crippen LogP contribution < -0.4 is 10.6 Å². The molecule has 5 heteroatoms. The van der Waals surface area contributed by atoms with Gasteiger partial charge in [0.15, 0.2) is 0 Å². The number of hydrogen-bond donors (Lipinski definition) is 2. The molecule has 0 aliphatic rings. The summed E-state index contributed by atoms with van der Waals surface area (Å²) in [6.07, 6.45) is 1.68. The van der Waals surface area contributed by atoms with E-state index in [4.69, 9.17) is 18.0 Å². The van der Waals surface area contributed by atoms with E-state index in [0.29, 0.717) is 11.5 Å². The molecule has 0 aliphatic heterocycles. The summed E-state index contributed by atoms with van der Waals surface area (Å²) in [7, 11) is 0. The number of hydrogen-bond acceptors (Lipinski definition) is 4. The van der Waals surface area contributed by atoms with Gasteiger partial charge in [0, 0.05) is 24.8 Å². The predicted molar refractivity (Wildman–Crippen MR) is 74.3 cm³/mol. The molecular weight excluding hydrogens is 234 g/mol. The first-order valence-corrected chi connectivity index (χ1v) is 5.97. The first-order chi connectivity index (χ1) is 7.83. The summed E-state index contributed by atoms with van der Waals surface area (Å²) >= 11 is 4.94. The lowest BCUT2D eigenvalue weighted by Gasteiger charge is -2.29. The fourth-order valence-corrected chi connectivity index (χ4v) is 1.69. The minimum Gasteiger partial charge on any atom is -0.389 e. The Morgan fingerprint density at radius 1 is 1.59 bits per heavy atom. The van der Waals surface area contributed by atoms with E-state index in [1.54, 1.807) is 26.1 Å². The molecule has 0 saturated carbocycles. The average molecular weight is 253 g/mol. The minimum atomic E-state index is -0.767. The summed E-state index contributed by atoms with van der Waals surface area (Å²) in [5.41, 5.74) is 5.61. The summed E-state index contributed by atoms with van der Waals surface area (Å²) < 4.78 is 0. The molecule has 4 nitrogen and oxygen atoms in total. The Hall–Kier alpha value is -1.20. The van der Waals surface area contributed by atoms with Gasteiger partial charge in [-0.1, -0.05) is 12.2 Å². The van der Waals surface area contributed by atoms with E-state index >= 15 is 0 Å². The molecule has 0 unspecified atom stereocenters. The quantitative estimate of drug-likeness (QED) is 0.775. The average Bonchev–Trinajstić information content (AvgIpc) is 2.25. The Balaban J connectivity index is 2.96. The highest BCUT2D eigenvalue weighted by Gasteiger charge is 2.18. The van der Waals surface area contributed by atoms with Crippen LogP contribution in [-0.4, -0.2) is 33.8 Å². The van der Waals surface area contributed by atoms with E-state index in [0.717, 1.165) is 17.9 Å². The van der Waals surface area contributed by atoms with Gasteiger partial charge in [-0.15, -0.1) is 0 Å². The van der Waals surface area contributed by atoms with Gasteiger partial charge in [-0.2, -0.15) is 0 Å². The normalized spacial score (nSPS) is 11.3. The van der Waals surface area contributed by atoms with Crippen molar-refractivity contribution in [3.8, 4) is 0 Å². The van der Waals surface area contributed by atoms with Crippen LogP contribution in [0.1, 0.15) is 26.3 Å². The van der Waals surface area contributed by atoms with Crippen molar-refractivity contribution >= 4 is 23.0 Å². The number of nitrogens with zero attached hydrogens (tertiary/aromatic N) is 2. The summed E-state index contributed by atoms with van der Waals surface area (Å²) in [5.74, 6) is 0.778. The van der Waals surface area contributed by atoms with Crippen LogP contribution in [0, 0.1) is 0 Å². The Morgan fingerprint density at radius 3 is 2.71 bits per heavy atom. The molecule has 3 N–H and O–H groups in total. The van der Waals surface area contributed by atoms with Gasteiger partial charge in [-0.25, -0.2) is 4.98 Å². The predicted octanol–water partition coefficient (Wildman–Crippen LogP) is 1.31. The molecule has 0 aromatic carbocycles. The number of aromatic nitrogens is 1. The Kier molecular flexibility index (Phi) is 4.42. The third-order valence-electron chi connectivity index (χ3n) is 2.31. The summed E-state index contributed by atoms with van der Waals surface area (Å²) in [5, 5.41) is 9.84. The molecule has 0 spiro atoms. The second-order valence-electron chi connectivity index (χ2n) is 4.59. The highest BCUT2D eigenvalue weighted by atomic mass is 32.1. The van der Waals surface area contributed by atoms with Crippen LogP contribution in [-0.2, 0) is 0 Å². The van der Waals surface area contributed by atoms with Crippen molar-refractivity contribution in [3.05, 3.63) is 23.9 Å². The first-order valence-electron chi connectivity index (χ1n) is 5.56. The van der Waals surface area contributed by atoms with Crippen LogP contribution in [0.25, 0.3) is 0 Å². The number of rotatable bonds is 5. The molecule has 0 saturated heterocycles. The van der Waals surface area contributed by atoms with Gasteiger partial charge < -0.3 is 15.7 Å². The lowest BCUT2D eigenvalue weighted by molar-refractivity contribution is 0.0874. The second-order valence-corrected chi connectivity index (χ2v) is 5.03. The van der Waals surface area contributed by atoms with E-state index < -0.39 is 5.60 Å². The smallest absolute Gasteiger partial charge is 0.129 e. The van der Waals surface area contributed by atoms with Crippen molar-refractivity contribution in [3.63, 3.8) is 0 Å². The minimum absolute atomic E-state index is 0.355. The fourth-order valence-electron chi connectivity index (χ4n) is 1.57. The van der Waals surface area contributed by atoms with Crippen molar-refractivity contribution in [2.24, 2.45) is 5.73 Å². The highest BCUT2D eigenvalue weighted by molar-refractivity contribution is 7.80. The number of aliphatic hydroxyl groups is 1. The highest BCUT2D eigenvalue weighted by Crippen LogP contribution is 2.15. The van der Waals surface area contributed by atoms with Gasteiger partial charge >= 0.3 is 0 Å². The monoisotopic (exact) mass is 253 g/mol. The molecular formula is C12H19N3OS. The van der Waals surface area contributed by atoms with Gasteiger partial charge in [0.25, 0.3) is 0 Å². The third kappa shape index (κ3) is 4.28. The lowest BCUT2D eigenvalue weighted by Crippen LogP contribution is -2.39. The molecule has 0 atom stereocenters. The maximum Gasteiger partial charge on any atom is 0.129 e. The van der Waals surface area contributed by atoms with Gasteiger partial charge in [0.05, 0.1) is 5.60 Å². The number of pyridine rings is 1. The molecule has 0 radical (unpaired) electrons. The van der Waals surface area contributed by atoms with Crippen molar-refractivity contribution in [1.82, 2.24) is 4.98 Å². The maximum absolute atomic E-state index is 9.84. The molecule has 1 rings (SSSR count). The van der Waals surface area contributed by atoms with E-state index in [2.05, 4.69) is 4.98 Å². The topological polar surface area (TPSA) is 62.4 Å². The zero-order valence-electron chi connectivity index (χ0n) is 10.5. The van der Waals surface area contributed by atoms with Gasteiger partial charge in [0.2, 0.25) is 0 Å². The standard InChI is InChI=1S/C12H19N3OS/c1-4-15(8-12(2,3)16)10-7-9(11(13)17)5-6-14-10/h5-7,16H,4,8H2,1-3H3,(H2,13,17). The summed E-state index contributed by atoms with van der Waals surface area (Å²) in [4.78, 5) is 6.62. The second kappa shape index (κ2) is 5.42. The van der Waals surface area contributed by atoms with E-state index in [1.807, 2.05) is 17.9 Å². The Labute approximate surface area is 107 Å². The number of nitrogens with two attached hydrogens (primary N) is 1. The molecule has 94 valence electrons. The third-order valence-corrected chi connectivity index (χ3v) is 2.55. The van der Waals surface area contributed by atoms with Crippen molar-refractivity contribution in [2.75, 3.05) is 18.0 Å². The largest absolute Gasteiger partial charge is 0.389 e. The van der Waals surface area contributed by atoms with E-state index in [9.17, 15) is 5.11 Å².